The molecule has 0 spiro atoms. The summed E-state index contributed by atoms with van der Waals surface area (Å²) in [4.78, 5) is 11.7. The van der Waals surface area contributed by atoms with Crippen LogP contribution in [0, 0.1) is 0 Å². The lowest BCUT2D eigenvalue weighted by Gasteiger charge is -2.22. The van der Waals surface area contributed by atoms with Gasteiger partial charge in [-0.1, -0.05) is 13.3 Å². The van der Waals surface area contributed by atoms with Gasteiger partial charge in [-0.05, 0) is 33.6 Å². The maximum Gasteiger partial charge on any atom is 0.239 e. The maximum absolute atomic E-state index is 11.7. The molecule has 0 aliphatic carbocycles. The Balaban J connectivity index is 0. The zero-order chi connectivity index (χ0) is 12.6. The number of hydrogen-bond donors (Lipinski definition) is 2. The molecule has 0 saturated heterocycles. The van der Waals surface area contributed by atoms with E-state index in [1.807, 2.05) is 20.8 Å². The first-order valence-corrected chi connectivity index (χ1v) is 6.09. The average Bonchev–Trinajstić information content (AvgIpc) is 2.16. The van der Waals surface area contributed by atoms with E-state index in [4.69, 9.17) is 10.5 Å². The second kappa shape index (κ2) is 9.68. The van der Waals surface area contributed by atoms with Crippen molar-refractivity contribution in [3.8, 4) is 0 Å². The van der Waals surface area contributed by atoms with Gasteiger partial charge >= 0.3 is 0 Å². The van der Waals surface area contributed by atoms with E-state index in [2.05, 4.69) is 5.32 Å². The zero-order valence-corrected chi connectivity index (χ0v) is 12.2. The number of nitrogens with two attached hydrogens (primary N) is 1. The molecule has 3 N–H and O–H groups in total. The summed E-state index contributed by atoms with van der Waals surface area (Å²) in [5, 5.41) is 2.84. The largest absolute Gasteiger partial charge is 0.379 e. The molecule has 0 rings (SSSR count). The normalized spacial score (nSPS) is 14.0. The van der Waals surface area contributed by atoms with Crippen LogP contribution in [0.5, 0.6) is 0 Å². The highest BCUT2D eigenvalue weighted by molar-refractivity contribution is 5.85. The Hall–Kier alpha value is -0.320. The second-order valence-electron chi connectivity index (χ2n) is 4.70. The van der Waals surface area contributed by atoms with Crippen LogP contribution in [0.2, 0.25) is 0 Å². The number of amides is 1. The smallest absolute Gasteiger partial charge is 0.239 e. The van der Waals surface area contributed by atoms with E-state index in [1.165, 1.54) is 0 Å². The van der Waals surface area contributed by atoms with E-state index < -0.39 is 5.54 Å². The van der Waals surface area contributed by atoms with Crippen LogP contribution in [-0.4, -0.2) is 30.7 Å². The molecule has 1 amide bonds. The molecular formula is C12H27ClN2O2. The third-order valence-electron chi connectivity index (χ3n) is 2.35. The minimum atomic E-state index is -0.742. The standard InChI is InChI=1S/C12H26N2O2.ClH/c1-5-7-12(4,13)11(15)14-8-6-9-16-10(2)3;/h10H,5-9,13H2,1-4H3,(H,14,15);1H. The van der Waals surface area contributed by atoms with Gasteiger partial charge in [-0.25, -0.2) is 0 Å². The Morgan fingerprint density at radius 3 is 2.53 bits per heavy atom. The number of carbonyl (C=O) groups excluding carboxylic acids is 1. The van der Waals surface area contributed by atoms with E-state index in [9.17, 15) is 4.79 Å². The van der Waals surface area contributed by atoms with Crippen LogP contribution >= 0.6 is 12.4 Å². The Morgan fingerprint density at radius 1 is 1.47 bits per heavy atom. The Labute approximate surface area is 111 Å². The number of nitrogens with one attached hydrogen (secondary N) is 1. The van der Waals surface area contributed by atoms with Gasteiger partial charge in [0.1, 0.15) is 0 Å². The molecule has 5 heteroatoms. The number of hydrogen-bond acceptors (Lipinski definition) is 3. The Kier molecular flexibility index (Phi) is 10.8. The molecule has 1 unspecified atom stereocenters. The molecule has 0 saturated carbocycles. The van der Waals surface area contributed by atoms with E-state index in [0.717, 1.165) is 12.8 Å². The van der Waals surface area contributed by atoms with E-state index in [1.54, 1.807) is 6.92 Å². The molecule has 0 bridgehead atoms. The predicted octanol–water partition coefficient (Wildman–Crippen LogP) is 1.86. The lowest BCUT2D eigenvalue weighted by molar-refractivity contribution is -0.126. The van der Waals surface area contributed by atoms with Gasteiger partial charge in [-0.15, -0.1) is 12.4 Å². The lowest BCUT2D eigenvalue weighted by Crippen LogP contribution is -2.51. The number of rotatable bonds is 8. The lowest BCUT2D eigenvalue weighted by atomic mass is 9.96. The van der Waals surface area contributed by atoms with Crippen LogP contribution in [0.4, 0.5) is 0 Å². The molecule has 17 heavy (non-hydrogen) atoms. The van der Waals surface area contributed by atoms with E-state index in [-0.39, 0.29) is 24.4 Å². The number of ether oxygens (including phenoxy) is 1. The Bertz CT molecular complexity index is 209. The third-order valence-corrected chi connectivity index (χ3v) is 2.35. The van der Waals surface area contributed by atoms with E-state index >= 15 is 0 Å². The van der Waals surface area contributed by atoms with Crippen LogP contribution in [0.15, 0.2) is 0 Å². The first kappa shape index (κ1) is 19.0. The molecule has 0 aliphatic rings. The highest BCUT2D eigenvalue weighted by atomic mass is 35.5. The topological polar surface area (TPSA) is 64.4 Å². The van der Waals surface area contributed by atoms with E-state index in [0.29, 0.717) is 19.6 Å². The van der Waals surface area contributed by atoms with Crippen LogP contribution in [0.25, 0.3) is 0 Å². The van der Waals surface area contributed by atoms with Gasteiger partial charge in [0.05, 0.1) is 11.6 Å². The molecular weight excluding hydrogens is 240 g/mol. The monoisotopic (exact) mass is 266 g/mol. The summed E-state index contributed by atoms with van der Waals surface area (Å²) in [5.74, 6) is -0.0705. The fourth-order valence-corrected chi connectivity index (χ4v) is 1.43. The quantitative estimate of drug-likeness (QED) is 0.659. The average molecular weight is 267 g/mol. The van der Waals surface area contributed by atoms with Gasteiger partial charge in [0.15, 0.2) is 0 Å². The molecule has 104 valence electrons. The van der Waals surface area contributed by atoms with Crippen molar-refractivity contribution >= 4 is 18.3 Å². The second-order valence-corrected chi connectivity index (χ2v) is 4.70. The number of halogens is 1. The van der Waals surface area contributed by atoms with Crippen LogP contribution in [0.3, 0.4) is 0 Å². The van der Waals surface area contributed by atoms with Crippen molar-refractivity contribution < 1.29 is 9.53 Å². The summed E-state index contributed by atoms with van der Waals surface area (Å²) in [7, 11) is 0. The van der Waals surface area contributed by atoms with Gasteiger partial charge in [0.2, 0.25) is 5.91 Å². The highest BCUT2D eigenvalue weighted by Gasteiger charge is 2.26. The molecule has 0 aromatic heterocycles. The summed E-state index contributed by atoms with van der Waals surface area (Å²) in [6.45, 7) is 9.09. The summed E-state index contributed by atoms with van der Waals surface area (Å²) >= 11 is 0. The minimum Gasteiger partial charge on any atom is -0.379 e. The summed E-state index contributed by atoms with van der Waals surface area (Å²) in [5.41, 5.74) is 5.15. The third kappa shape index (κ3) is 9.39. The van der Waals surface area contributed by atoms with Crippen LogP contribution in [0.1, 0.15) is 47.0 Å². The first-order chi connectivity index (χ1) is 7.40. The molecule has 0 aliphatic heterocycles. The van der Waals surface area contributed by atoms with Crippen molar-refractivity contribution in [1.82, 2.24) is 5.32 Å². The van der Waals surface area contributed by atoms with Crippen LogP contribution in [-0.2, 0) is 9.53 Å². The van der Waals surface area contributed by atoms with Crippen molar-refractivity contribution in [2.75, 3.05) is 13.2 Å². The van der Waals surface area contributed by atoms with Crippen molar-refractivity contribution in [3.63, 3.8) is 0 Å². The fraction of sp³-hybridized carbons (Fsp3) is 0.917. The maximum atomic E-state index is 11.7. The molecule has 0 aromatic carbocycles. The van der Waals surface area contributed by atoms with Gasteiger partial charge < -0.3 is 15.8 Å². The van der Waals surface area contributed by atoms with Gasteiger partial charge in [-0.2, -0.15) is 0 Å². The SMILES string of the molecule is CCCC(C)(N)C(=O)NCCCOC(C)C.Cl. The summed E-state index contributed by atoms with van der Waals surface area (Å²) < 4.78 is 5.37. The molecule has 0 heterocycles. The fourth-order valence-electron chi connectivity index (χ4n) is 1.43. The molecule has 0 aromatic rings. The summed E-state index contributed by atoms with van der Waals surface area (Å²) in [6.07, 6.45) is 2.69. The highest BCUT2D eigenvalue weighted by Crippen LogP contribution is 2.08. The molecule has 4 nitrogen and oxygen atoms in total. The van der Waals surface area contributed by atoms with Crippen molar-refractivity contribution in [2.24, 2.45) is 5.73 Å². The zero-order valence-electron chi connectivity index (χ0n) is 11.4. The molecule has 0 fully saturated rings. The van der Waals surface area contributed by atoms with Crippen molar-refractivity contribution in [3.05, 3.63) is 0 Å². The van der Waals surface area contributed by atoms with Crippen LogP contribution < -0.4 is 11.1 Å². The van der Waals surface area contributed by atoms with Gasteiger partial charge in [0.25, 0.3) is 0 Å². The van der Waals surface area contributed by atoms with Crippen molar-refractivity contribution in [1.29, 1.82) is 0 Å². The van der Waals surface area contributed by atoms with Gasteiger partial charge in [-0.3, -0.25) is 4.79 Å². The predicted molar refractivity (Wildman–Crippen MR) is 73.5 cm³/mol. The van der Waals surface area contributed by atoms with Gasteiger partial charge in [0, 0.05) is 13.2 Å². The molecule has 0 radical (unpaired) electrons. The first-order valence-electron chi connectivity index (χ1n) is 6.09. The summed E-state index contributed by atoms with van der Waals surface area (Å²) in [6, 6.07) is 0. The minimum absolute atomic E-state index is 0. The Morgan fingerprint density at radius 2 is 2.06 bits per heavy atom. The molecule has 1 atom stereocenters. The number of carbonyl (C=O) groups is 1. The van der Waals surface area contributed by atoms with Crippen molar-refractivity contribution in [2.45, 2.75) is 58.6 Å².